The number of nitrogens with one attached hydrogen (secondary N) is 1. The van der Waals surface area contributed by atoms with Crippen LogP contribution in [-0.4, -0.2) is 16.2 Å². The highest BCUT2D eigenvalue weighted by molar-refractivity contribution is 7.09. The molecule has 2 aromatic heterocycles. The maximum absolute atomic E-state index is 5.96. The molecule has 1 aromatic carbocycles. The third kappa shape index (κ3) is 2.79. The number of pyridine rings is 1. The van der Waals surface area contributed by atoms with Crippen LogP contribution in [0.25, 0.3) is 10.9 Å². The summed E-state index contributed by atoms with van der Waals surface area (Å²) in [6.45, 7) is 1.97. The van der Waals surface area contributed by atoms with E-state index >= 15 is 0 Å². The average Bonchev–Trinajstić information content (AvgIpc) is 2.84. The van der Waals surface area contributed by atoms with Gasteiger partial charge in [0.05, 0.1) is 28.1 Å². The number of anilines is 1. The van der Waals surface area contributed by atoms with Gasteiger partial charge in [0.25, 0.3) is 0 Å². The maximum Gasteiger partial charge on any atom is 0.0942 e. The van der Waals surface area contributed by atoms with E-state index in [1.165, 1.54) is 0 Å². The van der Waals surface area contributed by atoms with Gasteiger partial charge < -0.3 is 0 Å². The van der Waals surface area contributed by atoms with Crippen LogP contribution in [0.4, 0.5) is 5.69 Å². The molecule has 1 N–H and O–H groups in total. The van der Waals surface area contributed by atoms with Crippen molar-refractivity contribution in [2.45, 2.75) is 6.92 Å². The highest BCUT2D eigenvalue weighted by Gasteiger charge is 2.01. The molecule has 6 heteroatoms. The number of hydrogen-bond donors (Lipinski definition) is 1. The largest absolute Gasteiger partial charge is 0.278 e. The summed E-state index contributed by atoms with van der Waals surface area (Å²) in [5, 5.41) is 8.84. The van der Waals surface area contributed by atoms with Crippen LogP contribution in [-0.2, 0) is 0 Å². The van der Waals surface area contributed by atoms with Crippen molar-refractivity contribution in [1.29, 1.82) is 0 Å². The lowest BCUT2D eigenvalue weighted by Crippen LogP contribution is -1.93. The van der Waals surface area contributed by atoms with Crippen molar-refractivity contribution in [3.05, 3.63) is 51.6 Å². The van der Waals surface area contributed by atoms with Gasteiger partial charge in [0.2, 0.25) is 0 Å². The van der Waals surface area contributed by atoms with Gasteiger partial charge in [0.15, 0.2) is 0 Å². The SMILES string of the molecule is Cc1nc(/C=N/Nc2ccnc3cc(Cl)ccc23)cs1. The van der Waals surface area contributed by atoms with E-state index < -0.39 is 0 Å². The van der Waals surface area contributed by atoms with Gasteiger partial charge in [-0.15, -0.1) is 11.3 Å². The average molecular weight is 303 g/mol. The molecule has 0 aliphatic heterocycles. The maximum atomic E-state index is 5.96. The van der Waals surface area contributed by atoms with Crippen molar-refractivity contribution in [2.75, 3.05) is 5.43 Å². The van der Waals surface area contributed by atoms with Gasteiger partial charge in [-0.05, 0) is 31.2 Å². The Morgan fingerprint density at radius 1 is 1.35 bits per heavy atom. The van der Waals surface area contributed by atoms with Crippen molar-refractivity contribution in [3.63, 3.8) is 0 Å². The van der Waals surface area contributed by atoms with Crippen LogP contribution in [0.1, 0.15) is 10.7 Å². The first-order valence-corrected chi connectivity index (χ1v) is 7.23. The Kier molecular flexibility index (Phi) is 3.62. The van der Waals surface area contributed by atoms with Crippen molar-refractivity contribution in [1.82, 2.24) is 9.97 Å². The lowest BCUT2D eigenvalue weighted by atomic mass is 10.2. The molecule has 3 rings (SSSR count). The van der Waals surface area contributed by atoms with Gasteiger partial charge in [0, 0.05) is 22.0 Å². The standard InChI is InChI=1S/C14H11ClN4S/c1-9-18-11(8-20-9)7-17-19-13-4-5-16-14-6-10(15)2-3-12(13)14/h2-8H,1H3,(H,16,19)/b17-7+. The molecule has 0 amide bonds. The Balaban J connectivity index is 1.86. The van der Waals surface area contributed by atoms with E-state index in [0.717, 1.165) is 27.3 Å². The minimum Gasteiger partial charge on any atom is -0.278 e. The summed E-state index contributed by atoms with van der Waals surface area (Å²) in [6, 6.07) is 7.47. The topological polar surface area (TPSA) is 50.2 Å². The Bertz CT molecular complexity index is 782. The Morgan fingerprint density at radius 3 is 3.05 bits per heavy atom. The fourth-order valence-corrected chi connectivity index (χ4v) is 2.56. The summed E-state index contributed by atoms with van der Waals surface area (Å²) in [4.78, 5) is 8.60. The molecule has 100 valence electrons. The molecule has 0 fully saturated rings. The molecule has 0 aliphatic rings. The molecule has 2 heterocycles. The minimum absolute atomic E-state index is 0.670. The van der Waals surface area contributed by atoms with Crippen molar-refractivity contribution >= 4 is 45.7 Å². The number of halogens is 1. The Morgan fingerprint density at radius 2 is 2.25 bits per heavy atom. The molecule has 0 saturated heterocycles. The fraction of sp³-hybridized carbons (Fsp3) is 0.0714. The third-order valence-electron chi connectivity index (χ3n) is 2.72. The first kappa shape index (κ1) is 13.0. The van der Waals surface area contributed by atoms with E-state index in [1.807, 2.05) is 36.6 Å². The number of nitrogens with zero attached hydrogens (tertiary/aromatic N) is 3. The van der Waals surface area contributed by atoms with Gasteiger partial charge in [-0.2, -0.15) is 5.10 Å². The van der Waals surface area contributed by atoms with Gasteiger partial charge >= 0.3 is 0 Å². The molecule has 0 bridgehead atoms. The number of aromatic nitrogens is 2. The zero-order valence-corrected chi connectivity index (χ0v) is 12.2. The fourth-order valence-electron chi connectivity index (χ4n) is 1.83. The van der Waals surface area contributed by atoms with Crippen molar-refractivity contribution in [2.24, 2.45) is 5.10 Å². The van der Waals surface area contributed by atoms with Gasteiger partial charge in [-0.1, -0.05) is 11.6 Å². The van der Waals surface area contributed by atoms with Crippen LogP contribution in [0.2, 0.25) is 5.02 Å². The molecule has 3 aromatic rings. The van der Waals surface area contributed by atoms with E-state index in [0.29, 0.717) is 5.02 Å². The normalized spacial score (nSPS) is 11.3. The predicted octanol–water partition coefficient (Wildman–Crippen LogP) is 4.10. The second-order valence-electron chi connectivity index (χ2n) is 4.18. The predicted molar refractivity (Wildman–Crippen MR) is 84.8 cm³/mol. The van der Waals surface area contributed by atoms with Crippen LogP contribution in [0, 0.1) is 6.92 Å². The number of benzene rings is 1. The summed E-state index contributed by atoms with van der Waals surface area (Å²) in [6.07, 6.45) is 3.43. The number of fused-ring (bicyclic) bond motifs is 1. The minimum atomic E-state index is 0.670. The van der Waals surface area contributed by atoms with Crippen LogP contribution in [0.5, 0.6) is 0 Å². The van der Waals surface area contributed by atoms with Crippen LogP contribution in [0.15, 0.2) is 40.9 Å². The van der Waals surface area contributed by atoms with Gasteiger partial charge in [0.1, 0.15) is 0 Å². The van der Waals surface area contributed by atoms with Crippen LogP contribution >= 0.6 is 22.9 Å². The quantitative estimate of drug-likeness (QED) is 0.585. The van der Waals surface area contributed by atoms with Crippen LogP contribution < -0.4 is 5.43 Å². The summed E-state index contributed by atoms with van der Waals surface area (Å²) < 4.78 is 0. The van der Waals surface area contributed by atoms with Crippen molar-refractivity contribution in [3.8, 4) is 0 Å². The number of hydrogen-bond acceptors (Lipinski definition) is 5. The molecule has 0 radical (unpaired) electrons. The van der Waals surface area contributed by atoms with Gasteiger partial charge in [-0.3, -0.25) is 10.4 Å². The number of hydrazone groups is 1. The lowest BCUT2D eigenvalue weighted by Gasteiger charge is -2.04. The Hall–Kier alpha value is -1.98. The molecular formula is C14H11ClN4S. The molecule has 0 aliphatic carbocycles. The summed E-state index contributed by atoms with van der Waals surface area (Å²) in [5.74, 6) is 0. The molecule has 0 saturated carbocycles. The second-order valence-corrected chi connectivity index (χ2v) is 5.68. The monoisotopic (exact) mass is 302 g/mol. The summed E-state index contributed by atoms with van der Waals surface area (Å²) in [5.41, 5.74) is 5.58. The van der Waals surface area contributed by atoms with E-state index in [9.17, 15) is 0 Å². The number of thiazole rings is 1. The molecule has 0 spiro atoms. The van der Waals surface area contributed by atoms with Crippen LogP contribution in [0.3, 0.4) is 0 Å². The molecule has 0 atom stereocenters. The first-order valence-electron chi connectivity index (χ1n) is 5.98. The first-order chi connectivity index (χ1) is 9.72. The number of aryl methyl sites for hydroxylation is 1. The zero-order chi connectivity index (χ0) is 13.9. The van der Waals surface area contributed by atoms with E-state index in [2.05, 4.69) is 20.5 Å². The van der Waals surface area contributed by atoms with E-state index in [1.54, 1.807) is 23.7 Å². The second kappa shape index (κ2) is 5.56. The van der Waals surface area contributed by atoms with E-state index in [-0.39, 0.29) is 0 Å². The third-order valence-corrected chi connectivity index (χ3v) is 3.75. The number of rotatable bonds is 3. The molecule has 0 unspecified atom stereocenters. The van der Waals surface area contributed by atoms with E-state index in [4.69, 9.17) is 11.6 Å². The molecule has 20 heavy (non-hydrogen) atoms. The highest BCUT2D eigenvalue weighted by atomic mass is 35.5. The smallest absolute Gasteiger partial charge is 0.0942 e. The molecule has 4 nitrogen and oxygen atoms in total. The lowest BCUT2D eigenvalue weighted by molar-refractivity contribution is 1.26. The van der Waals surface area contributed by atoms with Gasteiger partial charge in [-0.25, -0.2) is 4.98 Å². The van der Waals surface area contributed by atoms with Crippen molar-refractivity contribution < 1.29 is 0 Å². The highest BCUT2D eigenvalue weighted by Crippen LogP contribution is 2.24. The molecular weight excluding hydrogens is 292 g/mol. The Labute approximate surface area is 125 Å². The summed E-state index contributed by atoms with van der Waals surface area (Å²) in [7, 11) is 0. The zero-order valence-electron chi connectivity index (χ0n) is 10.7. The summed E-state index contributed by atoms with van der Waals surface area (Å²) >= 11 is 7.56.